The second-order valence-corrected chi connectivity index (χ2v) is 5.38. The Labute approximate surface area is 129 Å². The molecule has 2 nitrogen and oxygen atoms in total. The summed E-state index contributed by atoms with van der Waals surface area (Å²) in [6, 6.07) is 10.4. The lowest BCUT2D eigenvalue weighted by Crippen LogP contribution is -2.18. The molecule has 0 aliphatic carbocycles. The predicted octanol–water partition coefficient (Wildman–Crippen LogP) is 5.25. The lowest BCUT2D eigenvalue weighted by atomic mass is 10.1. The molecule has 0 bridgehead atoms. The largest absolute Gasteiger partial charge is 0.452 e. The van der Waals surface area contributed by atoms with E-state index in [1.54, 1.807) is 18.2 Å². The Morgan fingerprint density at radius 2 is 2.05 bits per heavy atom. The van der Waals surface area contributed by atoms with Crippen molar-refractivity contribution in [3.63, 3.8) is 0 Å². The summed E-state index contributed by atoms with van der Waals surface area (Å²) in [6.45, 7) is 6.71. The number of ether oxygens (including phenoxy) is 1. The molecule has 0 aromatic heterocycles. The van der Waals surface area contributed by atoms with Crippen LogP contribution in [0.25, 0.3) is 0 Å². The molecule has 0 fully saturated rings. The molecule has 2 aromatic carbocycles. The first-order valence-corrected chi connectivity index (χ1v) is 7.36. The molecule has 2 aromatic rings. The zero-order valence-corrected chi connectivity index (χ0v) is 13.2. The zero-order chi connectivity index (χ0) is 15.4. The van der Waals surface area contributed by atoms with Crippen molar-refractivity contribution < 1.29 is 9.13 Å². The van der Waals surface area contributed by atoms with Crippen molar-refractivity contribution in [2.75, 3.05) is 6.54 Å². The van der Waals surface area contributed by atoms with Gasteiger partial charge in [-0.05, 0) is 44.2 Å². The number of benzene rings is 2. The SMILES string of the molecule is CCNC(C)c1cccc(F)c1Oc1cc(C)ccc1Cl. The Morgan fingerprint density at radius 1 is 1.29 bits per heavy atom. The van der Waals surface area contributed by atoms with Crippen LogP contribution in [0, 0.1) is 12.7 Å². The Kier molecular flexibility index (Phi) is 5.21. The number of aryl methyl sites for hydroxylation is 1. The first-order valence-electron chi connectivity index (χ1n) is 6.98. The highest BCUT2D eigenvalue weighted by molar-refractivity contribution is 6.32. The van der Waals surface area contributed by atoms with Crippen molar-refractivity contribution in [1.29, 1.82) is 0 Å². The van der Waals surface area contributed by atoms with Crippen molar-refractivity contribution in [1.82, 2.24) is 5.32 Å². The smallest absolute Gasteiger partial charge is 0.167 e. The molecule has 0 radical (unpaired) electrons. The standard InChI is InChI=1S/C17H19ClFNO/c1-4-20-12(3)13-6-5-7-15(19)17(13)21-16-10-11(2)8-9-14(16)18/h5-10,12,20H,4H2,1-3H3. The maximum atomic E-state index is 14.2. The van der Waals surface area contributed by atoms with Gasteiger partial charge in [0.15, 0.2) is 11.6 Å². The van der Waals surface area contributed by atoms with Gasteiger partial charge in [-0.25, -0.2) is 4.39 Å². The lowest BCUT2D eigenvalue weighted by molar-refractivity contribution is 0.426. The summed E-state index contributed by atoms with van der Waals surface area (Å²) in [5.74, 6) is 0.292. The van der Waals surface area contributed by atoms with Gasteiger partial charge in [-0.15, -0.1) is 0 Å². The number of para-hydroxylation sites is 1. The molecule has 21 heavy (non-hydrogen) atoms. The second kappa shape index (κ2) is 6.92. The topological polar surface area (TPSA) is 21.3 Å². The maximum Gasteiger partial charge on any atom is 0.167 e. The van der Waals surface area contributed by atoms with Crippen LogP contribution in [0.5, 0.6) is 11.5 Å². The summed E-state index contributed by atoms with van der Waals surface area (Å²) in [5, 5.41) is 3.73. The molecule has 4 heteroatoms. The second-order valence-electron chi connectivity index (χ2n) is 4.97. The van der Waals surface area contributed by atoms with Crippen LogP contribution in [0.4, 0.5) is 4.39 Å². The summed E-state index contributed by atoms with van der Waals surface area (Å²) in [5.41, 5.74) is 1.78. The zero-order valence-electron chi connectivity index (χ0n) is 12.4. The van der Waals surface area contributed by atoms with Gasteiger partial charge in [0.1, 0.15) is 5.75 Å². The monoisotopic (exact) mass is 307 g/mol. The highest BCUT2D eigenvalue weighted by Gasteiger charge is 2.17. The Balaban J connectivity index is 2.41. The van der Waals surface area contributed by atoms with Crippen LogP contribution in [0.1, 0.15) is 31.0 Å². The number of hydrogen-bond donors (Lipinski definition) is 1. The van der Waals surface area contributed by atoms with E-state index < -0.39 is 5.82 Å². The van der Waals surface area contributed by atoms with Crippen LogP contribution >= 0.6 is 11.6 Å². The van der Waals surface area contributed by atoms with Crippen molar-refractivity contribution in [3.8, 4) is 11.5 Å². The van der Waals surface area contributed by atoms with Gasteiger partial charge in [-0.1, -0.05) is 36.7 Å². The molecular formula is C17H19ClFNO. The van der Waals surface area contributed by atoms with Crippen LogP contribution in [0.15, 0.2) is 36.4 Å². The maximum absolute atomic E-state index is 14.2. The highest BCUT2D eigenvalue weighted by Crippen LogP contribution is 2.35. The minimum atomic E-state index is -0.394. The molecule has 0 saturated heterocycles. The van der Waals surface area contributed by atoms with Crippen molar-refractivity contribution >= 4 is 11.6 Å². The van der Waals surface area contributed by atoms with Crippen LogP contribution in [0.2, 0.25) is 5.02 Å². The molecule has 0 spiro atoms. The predicted molar refractivity (Wildman–Crippen MR) is 84.8 cm³/mol. The average Bonchev–Trinajstić information content (AvgIpc) is 2.45. The van der Waals surface area contributed by atoms with Gasteiger partial charge >= 0.3 is 0 Å². The van der Waals surface area contributed by atoms with E-state index in [9.17, 15) is 4.39 Å². The quantitative estimate of drug-likeness (QED) is 0.814. The van der Waals surface area contributed by atoms with Crippen LogP contribution < -0.4 is 10.1 Å². The number of nitrogens with one attached hydrogen (secondary N) is 1. The Morgan fingerprint density at radius 3 is 2.76 bits per heavy atom. The summed E-state index contributed by atoms with van der Waals surface area (Å²) in [6.07, 6.45) is 0. The number of halogens is 2. The van der Waals surface area contributed by atoms with E-state index >= 15 is 0 Å². The summed E-state index contributed by atoms with van der Waals surface area (Å²) < 4.78 is 19.9. The third-order valence-corrected chi connectivity index (χ3v) is 3.59. The minimum absolute atomic E-state index is 0.00992. The lowest BCUT2D eigenvalue weighted by Gasteiger charge is -2.18. The molecule has 0 amide bonds. The van der Waals surface area contributed by atoms with Gasteiger partial charge in [0, 0.05) is 11.6 Å². The third-order valence-electron chi connectivity index (χ3n) is 3.27. The first-order chi connectivity index (χ1) is 10.0. The van der Waals surface area contributed by atoms with Gasteiger partial charge in [-0.2, -0.15) is 0 Å². The minimum Gasteiger partial charge on any atom is -0.452 e. The fraction of sp³-hybridized carbons (Fsp3) is 0.294. The molecule has 0 aliphatic heterocycles. The fourth-order valence-electron chi connectivity index (χ4n) is 2.19. The molecule has 112 valence electrons. The molecule has 0 aliphatic rings. The van der Waals surface area contributed by atoms with Gasteiger partial charge in [-0.3, -0.25) is 0 Å². The van der Waals surface area contributed by atoms with Gasteiger partial charge in [0.05, 0.1) is 5.02 Å². The molecule has 1 unspecified atom stereocenters. The van der Waals surface area contributed by atoms with E-state index in [1.165, 1.54) is 6.07 Å². The fourth-order valence-corrected chi connectivity index (χ4v) is 2.35. The van der Waals surface area contributed by atoms with Gasteiger partial charge < -0.3 is 10.1 Å². The summed E-state index contributed by atoms with van der Waals surface area (Å²) in [7, 11) is 0. The van der Waals surface area contributed by atoms with Gasteiger partial charge in [0.25, 0.3) is 0 Å². The molecule has 2 rings (SSSR count). The molecule has 0 saturated carbocycles. The average molecular weight is 308 g/mol. The van der Waals surface area contributed by atoms with Crippen LogP contribution in [-0.4, -0.2) is 6.54 Å². The van der Waals surface area contributed by atoms with Crippen molar-refractivity contribution in [2.24, 2.45) is 0 Å². The van der Waals surface area contributed by atoms with E-state index in [2.05, 4.69) is 5.32 Å². The van der Waals surface area contributed by atoms with E-state index in [0.29, 0.717) is 10.8 Å². The first kappa shape index (κ1) is 15.8. The molecule has 1 atom stereocenters. The van der Waals surface area contributed by atoms with Crippen LogP contribution in [-0.2, 0) is 0 Å². The summed E-state index contributed by atoms with van der Waals surface area (Å²) >= 11 is 6.13. The van der Waals surface area contributed by atoms with Crippen molar-refractivity contribution in [3.05, 3.63) is 58.4 Å². The summed E-state index contributed by atoms with van der Waals surface area (Å²) in [4.78, 5) is 0. The van der Waals surface area contributed by atoms with Gasteiger partial charge in [0.2, 0.25) is 0 Å². The highest BCUT2D eigenvalue weighted by atomic mass is 35.5. The molecular weight excluding hydrogens is 289 g/mol. The number of rotatable bonds is 5. The number of hydrogen-bond acceptors (Lipinski definition) is 2. The van der Waals surface area contributed by atoms with E-state index in [4.69, 9.17) is 16.3 Å². The van der Waals surface area contributed by atoms with E-state index in [0.717, 1.165) is 17.7 Å². The third kappa shape index (κ3) is 3.74. The van der Waals surface area contributed by atoms with Crippen molar-refractivity contribution in [2.45, 2.75) is 26.8 Å². The Bertz CT molecular complexity index is 630. The van der Waals surface area contributed by atoms with Crippen LogP contribution in [0.3, 0.4) is 0 Å². The molecule has 1 N–H and O–H groups in total. The normalized spacial score (nSPS) is 12.2. The molecule has 0 heterocycles. The Hall–Kier alpha value is -1.58. The van der Waals surface area contributed by atoms with E-state index in [-0.39, 0.29) is 11.8 Å². The van der Waals surface area contributed by atoms with E-state index in [1.807, 2.05) is 32.9 Å².